The van der Waals surface area contributed by atoms with Gasteiger partial charge in [0.05, 0.1) is 23.8 Å². The van der Waals surface area contributed by atoms with Crippen LogP contribution in [0.25, 0.3) is 0 Å². The van der Waals surface area contributed by atoms with E-state index >= 15 is 0 Å². The van der Waals surface area contributed by atoms with Crippen LogP contribution in [0.15, 0.2) is 48.5 Å². The van der Waals surface area contributed by atoms with Gasteiger partial charge in [0.2, 0.25) is 15.9 Å². The normalized spacial score (nSPS) is 16.8. The number of amides is 1. The molecule has 8 heteroatoms. The molecule has 7 nitrogen and oxygen atoms in total. The summed E-state index contributed by atoms with van der Waals surface area (Å²) in [7, 11) is -3.43. The van der Waals surface area contributed by atoms with E-state index in [-0.39, 0.29) is 24.8 Å². The van der Waals surface area contributed by atoms with E-state index in [1.54, 1.807) is 25.1 Å². The molecule has 1 atom stereocenters. The standard InChI is InChI=1S/C25H32N2O5S/c1-3-32-25(29)21-14-13-19(2)23(17-21)26-24(28)22-12-7-15-27(18-22)33(30,31)16-8-11-20-9-5-4-6-10-20/h4-6,9-10,13-14,17,22H,3,7-8,11-12,15-16,18H2,1-2H3,(H,26,28)/t22-/m1/s1. The Hall–Kier alpha value is -2.71. The van der Waals surface area contributed by atoms with E-state index in [0.717, 1.165) is 11.1 Å². The van der Waals surface area contributed by atoms with E-state index in [1.807, 2.05) is 37.3 Å². The molecule has 33 heavy (non-hydrogen) atoms. The highest BCUT2D eigenvalue weighted by atomic mass is 32.2. The van der Waals surface area contributed by atoms with Crippen molar-refractivity contribution in [1.82, 2.24) is 4.31 Å². The molecule has 1 heterocycles. The molecule has 1 aliphatic heterocycles. The lowest BCUT2D eigenvalue weighted by atomic mass is 9.98. The van der Waals surface area contributed by atoms with Gasteiger partial charge in [0.1, 0.15) is 0 Å². The van der Waals surface area contributed by atoms with E-state index in [0.29, 0.717) is 43.5 Å². The molecule has 0 unspecified atom stereocenters. The highest BCUT2D eigenvalue weighted by Gasteiger charge is 2.32. The molecule has 0 bridgehead atoms. The monoisotopic (exact) mass is 472 g/mol. The second-order valence-electron chi connectivity index (χ2n) is 8.34. The third kappa shape index (κ3) is 6.88. The van der Waals surface area contributed by atoms with E-state index in [1.165, 1.54) is 4.31 Å². The van der Waals surface area contributed by atoms with Crippen molar-refractivity contribution in [2.75, 3.05) is 30.8 Å². The molecule has 0 spiro atoms. The summed E-state index contributed by atoms with van der Waals surface area (Å²) in [6.45, 7) is 4.46. The molecule has 0 saturated carbocycles. The summed E-state index contributed by atoms with van der Waals surface area (Å²) in [5, 5.41) is 2.89. The maximum Gasteiger partial charge on any atom is 0.338 e. The molecule has 0 radical (unpaired) electrons. The Morgan fingerprint density at radius 1 is 1.15 bits per heavy atom. The molecular formula is C25H32N2O5S. The predicted molar refractivity (Wildman–Crippen MR) is 129 cm³/mol. The lowest BCUT2D eigenvalue weighted by Crippen LogP contribution is -2.44. The number of sulfonamides is 1. The highest BCUT2D eigenvalue weighted by Crippen LogP contribution is 2.24. The number of carbonyl (C=O) groups is 2. The molecule has 0 aromatic heterocycles. The van der Waals surface area contributed by atoms with Gasteiger partial charge in [0.25, 0.3) is 0 Å². The van der Waals surface area contributed by atoms with E-state index in [9.17, 15) is 18.0 Å². The number of benzene rings is 2. The van der Waals surface area contributed by atoms with Gasteiger partial charge in [-0.2, -0.15) is 0 Å². The van der Waals surface area contributed by atoms with Gasteiger partial charge in [-0.25, -0.2) is 17.5 Å². The van der Waals surface area contributed by atoms with Gasteiger partial charge in [-0.15, -0.1) is 0 Å². The van der Waals surface area contributed by atoms with Crippen molar-refractivity contribution in [3.05, 3.63) is 65.2 Å². The Labute approximate surface area is 196 Å². The minimum Gasteiger partial charge on any atom is -0.462 e. The third-order valence-electron chi connectivity index (χ3n) is 5.87. The molecular weight excluding hydrogens is 440 g/mol. The number of nitrogens with zero attached hydrogens (tertiary/aromatic N) is 1. The summed E-state index contributed by atoms with van der Waals surface area (Å²) in [6.07, 6.45) is 2.50. The molecule has 178 valence electrons. The van der Waals surface area contributed by atoms with Gasteiger partial charge in [-0.1, -0.05) is 36.4 Å². The van der Waals surface area contributed by atoms with Crippen LogP contribution in [-0.2, 0) is 26.0 Å². The van der Waals surface area contributed by atoms with Crippen LogP contribution >= 0.6 is 0 Å². The van der Waals surface area contributed by atoms with Crippen LogP contribution in [0.3, 0.4) is 0 Å². The van der Waals surface area contributed by atoms with Crippen LogP contribution in [0.1, 0.15) is 47.7 Å². The first-order chi connectivity index (χ1) is 15.8. The summed E-state index contributed by atoms with van der Waals surface area (Å²) in [4.78, 5) is 25.0. The fraction of sp³-hybridized carbons (Fsp3) is 0.440. The number of nitrogens with one attached hydrogen (secondary N) is 1. The molecule has 2 aromatic carbocycles. The smallest absolute Gasteiger partial charge is 0.338 e. The third-order valence-corrected chi connectivity index (χ3v) is 7.79. The van der Waals surface area contributed by atoms with Gasteiger partial charge in [-0.3, -0.25) is 4.79 Å². The van der Waals surface area contributed by atoms with Crippen LogP contribution in [0.2, 0.25) is 0 Å². The number of esters is 1. The zero-order chi connectivity index (χ0) is 23.8. The quantitative estimate of drug-likeness (QED) is 0.561. The average molecular weight is 473 g/mol. The number of piperidine rings is 1. The molecule has 2 aromatic rings. The average Bonchev–Trinajstić information content (AvgIpc) is 2.81. The van der Waals surface area contributed by atoms with Crippen molar-refractivity contribution < 1.29 is 22.7 Å². The molecule has 0 aliphatic carbocycles. The predicted octanol–water partition coefficient (Wildman–Crippen LogP) is 3.78. The number of carbonyl (C=O) groups excluding carboxylic acids is 2. The number of anilines is 1. The minimum absolute atomic E-state index is 0.0664. The van der Waals surface area contributed by atoms with Crippen LogP contribution < -0.4 is 5.32 Å². The van der Waals surface area contributed by atoms with Gasteiger partial charge < -0.3 is 10.1 Å². The lowest BCUT2D eigenvalue weighted by molar-refractivity contribution is -0.120. The first kappa shape index (κ1) is 24.9. The van der Waals surface area contributed by atoms with Gasteiger partial charge >= 0.3 is 5.97 Å². The Balaban J connectivity index is 1.60. The van der Waals surface area contributed by atoms with Crippen molar-refractivity contribution in [2.45, 2.75) is 39.5 Å². The minimum atomic E-state index is -3.43. The molecule has 1 N–H and O–H groups in total. The number of ether oxygens (including phenoxy) is 1. The number of rotatable bonds is 9. The molecule has 1 amide bonds. The van der Waals surface area contributed by atoms with Crippen molar-refractivity contribution in [3.8, 4) is 0 Å². The number of hydrogen-bond donors (Lipinski definition) is 1. The van der Waals surface area contributed by atoms with Crippen molar-refractivity contribution in [2.24, 2.45) is 5.92 Å². The van der Waals surface area contributed by atoms with Crippen molar-refractivity contribution in [1.29, 1.82) is 0 Å². The summed E-state index contributed by atoms with van der Waals surface area (Å²) in [5.41, 5.74) is 2.83. The fourth-order valence-corrected chi connectivity index (χ4v) is 5.56. The summed E-state index contributed by atoms with van der Waals surface area (Å²) >= 11 is 0. The van der Waals surface area contributed by atoms with Gasteiger partial charge in [0, 0.05) is 18.8 Å². The van der Waals surface area contributed by atoms with Crippen LogP contribution in [0.5, 0.6) is 0 Å². The zero-order valence-electron chi connectivity index (χ0n) is 19.2. The highest BCUT2D eigenvalue weighted by molar-refractivity contribution is 7.89. The van der Waals surface area contributed by atoms with Crippen molar-refractivity contribution >= 4 is 27.6 Å². The van der Waals surface area contributed by atoms with Gasteiger partial charge in [-0.05, 0) is 62.8 Å². The summed E-state index contributed by atoms with van der Waals surface area (Å²) in [6, 6.07) is 14.8. The Morgan fingerprint density at radius 3 is 2.64 bits per heavy atom. The maximum absolute atomic E-state index is 12.9. The molecule has 3 rings (SSSR count). The molecule has 1 saturated heterocycles. The second-order valence-corrected chi connectivity index (χ2v) is 10.4. The number of aryl methyl sites for hydroxylation is 2. The largest absolute Gasteiger partial charge is 0.462 e. The maximum atomic E-state index is 12.9. The lowest BCUT2D eigenvalue weighted by Gasteiger charge is -2.31. The topological polar surface area (TPSA) is 92.8 Å². The van der Waals surface area contributed by atoms with E-state index < -0.39 is 21.9 Å². The number of hydrogen-bond acceptors (Lipinski definition) is 5. The van der Waals surface area contributed by atoms with E-state index in [2.05, 4.69) is 5.32 Å². The Kier molecular flexibility index (Phi) is 8.63. The first-order valence-corrected chi connectivity index (χ1v) is 13.0. The summed E-state index contributed by atoms with van der Waals surface area (Å²) in [5.74, 6) is -1.05. The first-order valence-electron chi connectivity index (χ1n) is 11.4. The van der Waals surface area contributed by atoms with Crippen molar-refractivity contribution in [3.63, 3.8) is 0 Å². The Morgan fingerprint density at radius 2 is 1.91 bits per heavy atom. The summed E-state index contributed by atoms with van der Waals surface area (Å²) < 4.78 is 32.2. The van der Waals surface area contributed by atoms with Crippen LogP contribution in [0.4, 0.5) is 5.69 Å². The fourth-order valence-electron chi connectivity index (χ4n) is 3.97. The molecule has 1 aliphatic rings. The Bertz CT molecular complexity index is 1070. The second kappa shape index (κ2) is 11.4. The van der Waals surface area contributed by atoms with Crippen LogP contribution in [0, 0.1) is 12.8 Å². The van der Waals surface area contributed by atoms with Gasteiger partial charge in [0.15, 0.2) is 0 Å². The zero-order valence-corrected chi connectivity index (χ0v) is 20.1. The molecule has 1 fully saturated rings. The van der Waals surface area contributed by atoms with E-state index in [4.69, 9.17) is 4.74 Å². The van der Waals surface area contributed by atoms with Crippen LogP contribution in [-0.4, -0.2) is 50.0 Å². The SMILES string of the molecule is CCOC(=O)c1ccc(C)c(NC(=O)[C@@H]2CCCN(S(=O)(=O)CCCc3ccccc3)C2)c1.